The normalized spacial score (nSPS) is 10.8. The van der Waals surface area contributed by atoms with Gasteiger partial charge in [0, 0.05) is 11.2 Å². The van der Waals surface area contributed by atoms with E-state index in [9.17, 15) is 0 Å². The summed E-state index contributed by atoms with van der Waals surface area (Å²) in [6, 6.07) is 10.3. The molecule has 0 saturated carbocycles. The summed E-state index contributed by atoms with van der Waals surface area (Å²) in [5.41, 5.74) is 1.22. The largest absolute Gasteiger partial charge is 0.379 e. The lowest BCUT2D eigenvalue weighted by Gasteiger charge is -2.33. The zero-order chi connectivity index (χ0) is 11.9. The molecule has 86 valence electrons. The van der Waals surface area contributed by atoms with E-state index in [1.807, 2.05) is 30.4 Å². The van der Waals surface area contributed by atoms with Crippen molar-refractivity contribution in [2.75, 3.05) is 5.32 Å². The minimum absolute atomic E-state index is 0.0604. The number of para-hydroxylation sites is 1. The predicted octanol–water partition coefficient (Wildman–Crippen LogP) is 4.40. The van der Waals surface area contributed by atoms with Crippen molar-refractivity contribution in [2.45, 2.75) is 31.7 Å². The van der Waals surface area contributed by atoms with E-state index < -0.39 is 0 Å². The molecule has 0 aliphatic rings. The van der Waals surface area contributed by atoms with Gasteiger partial charge in [0.25, 0.3) is 0 Å². The van der Waals surface area contributed by atoms with Crippen LogP contribution < -0.4 is 5.32 Å². The van der Waals surface area contributed by atoms with E-state index in [1.54, 1.807) is 0 Å². The fourth-order valence-corrected chi connectivity index (χ4v) is 1.94. The van der Waals surface area contributed by atoms with Crippen molar-refractivity contribution < 1.29 is 0 Å². The van der Waals surface area contributed by atoms with Crippen molar-refractivity contribution in [3.63, 3.8) is 0 Å². The second-order valence-corrected chi connectivity index (χ2v) is 4.11. The van der Waals surface area contributed by atoms with Gasteiger partial charge in [-0.15, -0.1) is 13.2 Å². The highest BCUT2D eigenvalue weighted by molar-refractivity contribution is 5.45. The maximum absolute atomic E-state index is 3.84. The number of benzene rings is 1. The van der Waals surface area contributed by atoms with Crippen LogP contribution in [-0.4, -0.2) is 5.54 Å². The Hall–Kier alpha value is -1.50. The molecule has 1 aromatic carbocycles. The van der Waals surface area contributed by atoms with E-state index in [4.69, 9.17) is 0 Å². The minimum atomic E-state index is 0.0604. The SMILES string of the molecule is C=CCC(CC)(CC=C)Nc1ccccc1. The van der Waals surface area contributed by atoms with Crippen LogP contribution in [0.3, 0.4) is 0 Å². The summed E-state index contributed by atoms with van der Waals surface area (Å²) >= 11 is 0. The Morgan fingerprint density at radius 1 is 1.12 bits per heavy atom. The molecule has 0 heterocycles. The highest BCUT2D eigenvalue weighted by Gasteiger charge is 2.24. The molecule has 1 heteroatoms. The van der Waals surface area contributed by atoms with E-state index in [1.165, 1.54) is 0 Å². The molecule has 0 atom stereocenters. The monoisotopic (exact) mass is 215 g/mol. The summed E-state index contributed by atoms with van der Waals surface area (Å²) in [5.74, 6) is 0. The van der Waals surface area contributed by atoms with Gasteiger partial charge in [-0.05, 0) is 31.4 Å². The third-order valence-corrected chi connectivity index (χ3v) is 2.93. The van der Waals surface area contributed by atoms with Crippen LogP contribution in [0, 0.1) is 0 Å². The van der Waals surface area contributed by atoms with E-state index in [0.29, 0.717) is 0 Å². The molecule has 0 unspecified atom stereocenters. The smallest absolute Gasteiger partial charge is 0.0439 e. The molecule has 1 aromatic rings. The first kappa shape index (κ1) is 12.6. The third kappa shape index (κ3) is 3.27. The Morgan fingerprint density at radius 3 is 2.12 bits per heavy atom. The number of hydrogen-bond donors (Lipinski definition) is 1. The van der Waals surface area contributed by atoms with Crippen molar-refractivity contribution >= 4 is 5.69 Å². The van der Waals surface area contributed by atoms with Gasteiger partial charge in [-0.3, -0.25) is 0 Å². The second kappa shape index (κ2) is 6.16. The van der Waals surface area contributed by atoms with Crippen molar-refractivity contribution in [1.82, 2.24) is 0 Å². The quantitative estimate of drug-likeness (QED) is 0.665. The van der Waals surface area contributed by atoms with E-state index in [0.717, 1.165) is 24.9 Å². The van der Waals surface area contributed by atoms with Gasteiger partial charge in [0.15, 0.2) is 0 Å². The summed E-state index contributed by atoms with van der Waals surface area (Å²) in [5, 5.41) is 3.60. The molecule has 0 saturated heterocycles. The lowest BCUT2D eigenvalue weighted by molar-refractivity contribution is 0.460. The van der Waals surface area contributed by atoms with E-state index in [-0.39, 0.29) is 5.54 Å². The highest BCUT2D eigenvalue weighted by Crippen LogP contribution is 2.26. The van der Waals surface area contributed by atoms with Crippen LogP contribution in [0.2, 0.25) is 0 Å². The van der Waals surface area contributed by atoms with Crippen LogP contribution in [0.25, 0.3) is 0 Å². The van der Waals surface area contributed by atoms with Crippen molar-refractivity contribution in [2.24, 2.45) is 0 Å². The summed E-state index contributed by atoms with van der Waals surface area (Å²) in [4.78, 5) is 0. The topological polar surface area (TPSA) is 12.0 Å². The molecule has 0 aliphatic heterocycles. The minimum Gasteiger partial charge on any atom is -0.379 e. The molecule has 0 bridgehead atoms. The molecule has 0 fully saturated rings. The van der Waals surface area contributed by atoms with Crippen molar-refractivity contribution in [3.8, 4) is 0 Å². The van der Waals surface area contributed by atoms with Gasteiger partial charge in [-0.25, -0.2) is 0 Å². The number of rotatable bonds is 7. The maximum Gasteiger partial charge on any atom is 0.0439 e. The predicted molar refractivity (Wildman–Crippen MR) is 72.7 cm³/mol. The molecule has 0 spiro atoms. The van der Waals surface area contributed by atoms with Gasteiger partial charge in [0.2, 0.25) is 0 Å². The first-order chi connectivity index (χ1) is 7.76. The van der Waals surface area contributed by atoms with E-state index in [2.05, 4.69) is 37.5 Å². The average Bonchev–Trinajstić information content (AvgIpc) is 2.31. The first-order valence-corrected chi connectivity index (χ1v) is 5.81. The Balaban J connectivity index is 2.84. The molecular weight excluding hydrogens is 194 g/mol. The lowest BCUT2D eigenvalue weighted by atomic mass is 9.88. The van der Waals surface area contributed by atoms with Crippen LogP contribution in [0.5, 0.6) is 0 Å². The summed E-state index contributed by atoms with van der Waals surface area (Å²) in [7, 11) is 0. The van der Waals surface area contributed by atoms with Crippen molar-refractivity contribution in [1.29, 1.82) is 0 Å². The molecular formula is C15H21N. The molecule has 1 nitrogen and oxygen atoms in total. The van der Waals surface area contributed by atoms with Crippen LogP contribution in [0.4, 0.5) is 5.69 Å². The molecule has 16 heavy (non-hydrogen) atoms. The summed E-state index contributed by atoms with van der Waals surface area (Å²) in [6.07, 6.45) is 6.90. The molecule has 1 rings (SSSR count). The zero-order valence-electron chi connectivity index (χ0n) is 10.1. The lowest BCUT2D eigenvalue weighted by Crippen LogP contribution is -2.36. The first-order valence-electron chi connectivity index (χ1n) is 5.81. The molecule has 1 N–H and O–H groups in total. The van der Waals surface area contributed by atoms with Gasteiger partial charge in [-0.2, -0.15) is 0 Å². The molecule has 0 aliphatic carbocycles. The standard InChI is InChI=1S/C15H21N/c1-4-12-15(6-3,13-5-2)16-14-10-8-7-9-11-14/h4-5,7-11,16H,1-2,6,12-13H2,3H3. The van der Waals surface area contributed by atoms with Gasteiger partial charge in [0.1, 0.15) is 0 Å². The fourth-order valence-electron chi connectivity index (χ4n) is 1.94. The average molecular weight is 215 g/mol. The number of anilines is 1. The molecule has 0 aromatic heterocycles. The van der Waals surface area contributed by atoms with Gasteiger partial charge < -0.3 is 5.32 Å². The summed E-state index contributed by atoms with van der Waals surface area (Å²) in [6.45, 7) is 9.88. The van der Waals surface area contributed by atoms with Gasteiger partial charge in [0.05, 0.1) is 0 Å². The number of hydrogen-bond acceptors (Lipinski definition) is 1. The summed E-state index contributed by atoms with van der Waals surface area (Å²) < 4.78 is 0. The van der Waals surface area contributed by atoms with E-state index >= 15 is 0 Å². The highest BCUT2D eigenvalue weighted by atomic mass is 15.0. The Kier molecular flexibility index (Phi) is 4.84. The third-order valence-electron chi connectivity index (χ3n) is 2.93. The fraction of sp³-hybridized carbons (Fsp3) is 0.333. The van der Waals surface area contributed by atoms with Crippen LogP contribution >= 0.6 is 0 Å². The molecule has 0 amide bonds. The van der Waals surface area contributed by atoms with Crippen molar-refractivity contribution in [3.05, 3.63) is 55.6 Å². The Labute approximate surface area is 98.9 Å². The maximum atomic E-state index is 3.84. The Bertz CT molecular complexity index is 317. The van der Waals surface area contributed by atoms with Gasteiger partial charge >= 0.3 is 0 Å². The number of nitrogens with one attached hydrogen (secondary N) is 1. The second-order valence-electron chi connectivity index (χ2n) is 4.11. The van der Waals surface area contributed by atoms with Gasteiger partial charge in [-0.1, -0.05) is 37.3 Å². The van der Waals surface area contributed by atoms with Crippen LogP contribution in [0.1, 0.15) is 26.2 Å². The van der Waals surface area contributed by atoms with Crippen LogP contribution in [0.15, 0.2) is 55.6 Å². The zero-order valence-corrected chi connectivity index (χ0v) is 10.1. The van der Waals surface area contributed by atoms with Crippen LogP contribution in [-0.2, 0) is 0 Å². The Morgan fingerprint density at radius 2 is 1.69 bits per heavy atom. The molecule has 0 radical (unpaired) electrons.